The van der Waals surface area contributed by atoms with Gasteiger partial charge in [-0.1, -0.05) is 84.4 Å². The lowest BCUT2D eigenvalue weighted by Gasteiger charge is -2.15. The van der Waals surface area contributed by atoms with Gasteiger partial charge in [-0.25, -0.2) is 4.79 Å². The van der Waals surface area contributed by atoms with Gasteiger partial charge in [0.15, 0.2) is 6.10 Å². The highest BCUT2D eigenvalue weighted by Crippen LogP contribution is 2.51. The molecule has 3 nitrogen and oxygen atoms in total. The Hall–Kier alpha value is -1.39. The number of ether oxygens (including phenoxy) is 1. The number of nitrogens with zero attached hydrogens (tertiary/aromatic N) is 1. The summed E-state index contributed by atoms with van der Waals surface area (Å²) < 4.78 is 8.06. The molecule has 1 aromatic heterocycles. The van der Waals surface area contributed by atoms with Gasteiger partial charge in [-0.15, -0.1) is 0 Å². The average molecular weight is 471 g/mol. The van der Waals surface area contributed by atoms with Crippen LogP contribution in [0.4, 0.5) is 0 Å². The summed E-state index contributed by atoms with van der Waals surface area (Å²) in [7, 11) is 0. The summed E-state index contributed by atoms with van der Waals surface area (Å²) in [6.45, 7) is 5.12. The van der Waals surface area contributed by atoms with E-state index in [4.69, 9.17) is 51.1 Å². The predicted molar refractivity (Wildman–Crippen MR) is 120 cm³/mol. The van der Waals surface area contributed by atoms with Crippen LogP contribution in [0.1, 0.15) is 59.5 Å². The molecule has 0 saturated heterocycles. The molecule has 1 aliphatic heterocycles. The van der Waals surface area contributed by atoms with E-state index in [1.807, 2.05) is 25.1 Å². The third-order valence-corrected chi connectivity index (χ3v) is 7.34. The van der Waals surface area contributed by atoms with Crippen molar-refractivity contribution in [3.05, 3.63) is 66.7 Å². The van der Waals surface area contributed by atoms with Crippen molar-refractivity contribution in [3.63, 3.8) is 0 Å². The molecule has 3 aromatic rings. The lowest BCUT2D eigenvalue weighted by molar-refractivity contribution is 0.0457. The van der Waals surface area contributed by atoms with Gasteiger partial charge in [0.05, 0.1) is 25.7 Å². The predicted octanol–water partition coefficient (Wildman–Crippen LogP) is 8.01. The van der Waals surface area contributed by atoms with Gasteiger partial charge in [0, 0.05) is 34.3 Å². The molecule has 2 aromatic carbocycles. The van der Waals surface area contributed by atoms with Crippen LogP contribution >= 0.6 is 46.4 Å². The summed E-state index contributed by atoms with van der Waals surface area (Å²) in [5.41, 5.74) is 3.71. The summed E-state index contributed by atoms with van der Waals surface area (Å²) in [6.07, 6.45) is 2.68. The Morgan fingerprint density at radius 3 is 2.38 bits per heavy atom. The second kappa shape index (κ2) is 8.03. The minimum atomic E-state index is -0.686. The van der Waals surface area contributed by atoms with E-state index in [9.17, 15) is 4.79 Å². The van der Waals surface area contributed by atoms with Gasteiger partial charge in [0.1, 0.15) is 0 Å². The second-order valence-electron chi connectivity index (χ2n) is 7.20. The molecule has 0 saturated carbocycles. The van der Waals surface area contributed by atoms with E-state index in [0.29, 0.717) is 5.56 Å². The fourth-order valence-electron chi connectivity index (χ4n) is 4.12. The van der Waals surface area contributed by atoms with E-state index in [1.165, 1.54) is 0 Å². The van der Waals surface area contributed by atoms with Crippen LogP contribution in [0.5, 0.6) is 0 Å². The van der Waals surface area contributed by atoms with Crippen molar-refractivity contribution < 1.29 is 9.53 Å². The highest BCUT2D eigenvalue weighted by molar-refractivity contribution is 6.53. The molecule has 152 valence electrons. The Kier molecular flexibility index (Phi) is 5.78. The maximum atomic E-state index is 12.7. The van der Waals surface area contributed by atoms with Crippen LogP contribution in [0.15, 0.2) is 24.3 Å². The first-order valence-corrected chi connectivity index (χ1v) is 11.0. The molecule has 4 rings (SSSR count). The number of halogens is 4. The van der Waals surface area contributed by atoms with E-state index >= 15 is 0 Å². The van der Waals surface area contributed by atoms with E-state index < -0.39 is 12.1 Å². The minimum absolute atomic E-state index is 0.0633. The van der Waals surface area contributed by atoms with Crippen LogP contribution in [0, 0.1) is 6.92 Å². The van der Waals surface area contributed by atoms with Gasteiger partial charge in [0.25, 0.3) is 0 Å². The molecular weight excluding hydrogens is 452 g/mol. The first kappa shape index (κ1) is 20.9. The SMILES string of the molecule is CCCCCn1c(C)c(C2OC(=O)c3c(Cl)c(Cl)c(Cl)c(Cl)c32)c2ccccc21. The number of aryl methyl sites for hydroxylation is 1. The Labute approximate surface area is 189 Å². The standard InChI is InChI=1S/C22H19Cl4NO2/c1-3-4-7-10-27-11(2)14(12-8-5-6-9-13(12)27)21-15-16(22(28)29-21)18(24)20(26)19(25)17(15)23/h5-6,8-9,21H,3-4,7,10H2,1-2H3. The maximum Gasteiger partial charge on any atom is 0.341 e. The molecular formula is C22H19Cl4NO2. The zero-order valence-electron chi connectivity index (χ0n) is 16.0. The fraction of sp³-hybridized carbons (Fsp3) is 0.318. The number of hydrogen-bond acceptors (Lipinski definition) is 2. The summed E-state index contributed by atoms with van der Waals surface area (Å²) in [4.78, 5) is 12.7. The van der Waals surface area contributed by atoms with Crippen molar-refractivity contribution in [2.75, 3.05) is 0 Å². The third-order valence-electron chi connectivity index (χ3n) is 5.52. The molecule has 29 heavy (non-hydrogen) atoms. The van der Waals surface area contributed by atoms with Crippen molar-refractivity contribution in [1.29, 1.82) is 0 Å². The summed E-state index contributed by atoms with van der Waals surface area (Å²) in [6, 6.07) is 8.10. The monoisotopic (exact) mass is 469 g/mol. The number of cyclic esters (lactones) is 1. The van der Waals surface area contributed by atoms with Crippen LogP contribution in [-0.2, 0) is 11.3 Å². The highest BCUT2D eigenvalue weighted by Gasteiger charge is 2.41. The number of benzene rings is 2. The number of hydrogen-bond donors (Lipinski definition) is 0. The summed E-state index contributed by atoms with van der Waals surface area (Å²) >= 11 is 25.3. The van der Waals surface area contributed by atoms with Gasteiger partial charge >= 0.3 is 5.97 Å². The summed E-state index contributed by atoms with van der Waals surface area (Å²) in [5, 5.41) is 1.49. The number of unbranched alkanes of at least 4 members (excludes halogenated alkanes) is 2. The Morgan fingerprint density at radius 1 is 0.966 bits per heavy atom. The Balaban J connectivity index is 1.95. The number of fused-ring (bicyclic) bond motifs is 2. The van der Waals surface area contributed by atoms with Crippen LogP contribution < -0.4 is 0 Å². The van der Waals surface area contributed by atoms with Crippen molar-refractivity contribution >= 4 is 63.3 Å². The highest BCUT2D eigenvalue weighted by atomic mass is 35.5. The zero-order valence-corrected chi connectivity index (χ0v) is 19.0. The van der Waals surface area contributed by atoms with Crippen molar-refractivity contribution in [3.8, 4) is 0 Å². The topological polar surface area (TPSA) is 31.2 Å². The Bertz CT molecular complexity index is 1140. The van der Waals surface area contributed by atoms with Gasteiger partial charge in [-0.3, -0.25) is 0 Å². The molecule has 0 fully saturated rings. The lowest BCUT2D eigenvalue weighted by atomic mass is 9.96. The molecule has 0 aliphatic carbocycles. The number of aromatic nitrogens is 1. The van der Waals surface area contributed by atoms with Gasteiger partial charge in [0.2, 0.25) is 0 Å². The normalized spacial score (nSPS) is 15.8. The lowest BCUT2D eigenvalue weighted by Crippen LogP contribution is -2.05. The smallest absolute Gasteiger partial charge is 0.341 e. The first-order valence-electron chi connectivity index (χ1n) is 9.53. The number of rotatable bonds is 5. The minimum Gasteiger partial charge on any atom is -0.449 e. The van der Waals surface area contributed by atoms with Crippen molar-refractivity contribution in [2.45, 2.75) is 45.8 Å². The van der Waals surface area contributed by atoms with Gasteiger partial charge < -0.3 is 9.30 Å². The molecule has 0 N–H and O–H groups in total. The molecule has 1 atom stereocenters. The van der Waals surface area contributed by atoms with Crippen molar-refractivity contribution in [1.82, 2.24) is 4.57 Å². The number of carbonyl (C=O) groups excluding carboxylic acids is 1. The van der Waals surface area contributed by atoms with Gasteiger partial charge in [-0.05, 0) is 19.4 Å². The van der Waals surface area contributed by atoms with Crippen LogP contribution in [0.2, 0.25) is 20.1 Å². The number of carbonyl (C=O) groups is 1. The van der Waals surface area contributed by atoms with Crippen LogP contribution in [0.3, 0.4) is 0 Å². The molecule has 0 amide bonds. The third kappa shape index (κ3) is 3.23. The maximum absolute atomic E-state index is 12.7. The quantitative estimate of drug-likeness (QED) is 0.163. The first-order chi connectivity index (χ1) is 13.9. The van der Waals surface area contributed by atoms with E-state index in [2.05, 4.69) is 17.6 Å². The zero-order chi connectivity index (χ0) is 20.9. The van der Waals surface area contributed by atoms with Crippen LogP contribution in [0.25, 0.3) is 10.9 Å². The molecule has 2 heterocycles. The molecule has 0 bridgehead atoms. The molecule has 7 heteroatoms. The fourth-order valence-corrected chi connectivity index (χ4v) is 5.16. The average Bonchev–Trinajstić information content (AvgIpc) is 3.19. The molecule has 1 aliphatic rings. The summed E-state index contributed by atoms with van der Waals surface area (Å²) in [5.74, 6) is -0.544. The molecule has 1 unspecified atom stereocenters. The molecule has 0 radical (unpaired) electrons. The van der Waals surface area contributed by atoms with E-state index in [1.54, 1.807) is 0 Å². The number of esters is 1. The van der Waals surface area contributed by atoms with E-state index in [-0.39, 0.29) is 25.7 Å². The van der Waals surface area contributed by atoms with E-state index in [0.717, 1.165) is 48.0 Å². The largest absolute Gasteiger partial charge is 0.449 e. The van der Waals surface area contributed by atoms with Crippen LogP contribution in [-0.4, -0.2) is 10.5 Å². The number of para-hydroxylation sites is 1. The molecule has 0 spiro atoms. The second-order valence-corrected chi connectivity index (χ2v) is 8.72. The van der Waals surface area contributed by atoms with Crippen molar-refractivity contribution in [2.24, 2.45) is 0 Å². The Morgan fingerprint density at radius 2 is 1.66 bits per heavy atom. The van der Waals surface area contributed by atoms with Gasteiger partial charge in [-0.2, -0.15) is 0 Å².